The molecule has 6 nitrogen and oxygen atoms in total. The van der Waals surface area contributed by atoms with Crippen molar-refractivity contribution in [1.82, 2.24) is 4.98 Å². The molecule has 1 aromatic heterocycles. The highest BCUT2D eigenvalue weighted by atomic mass is 35.5. The van der Waals surface area contributed by atoms with Crippen LogP contribution in [0.15, 0.2) is 48.5 Å². The molecule has 120 valence electrons. The van der Waals surface area contributed by atoms with Gasteiger partial charge in [-0.2, -0.15) is 0 Å². The largest absolute Gasteiger partial charge is 0.465 e. The van der Waals surface area contributed by atoms with Gasteiger partial charge in [0.15, 0.2) is 0 Å². The highest BCUT2D eigenvalue weighted by molar-refractivity contribution is 6.31. The van der Waals surface area contributed by atoms with Gasteiger partial charge in [0.2, 0.25) is 0 Å². The molecule has 0 aliphatic carbocycles. The Labute approximate surface area is 141 Å². The van der Waals surface area contributed by atoms with Crippen molar-refractivity contribution in [2.24, 2.45) is 0 Å². The molecule has 3 aromatic rings. The molecule has 1 heterocycles. The number of aromatic nitrogens is 1. The molecule has 0 saturated carbocycles. The van der Waals surface area contributed by atoms with E-state index in [1.807, 2.05) is 0 Å². The van der Waals surface area contributed by atoms with Gasteiger partial charge in [0, 0.05) is 16.5 Å². The number of nitro benzene ring substituents is 1. The smallest absolute Gasteiger partial charge is 0.340 e. The van der Waals surface area contributed by atoms with Crippen LogP contribution in [0.5, 0.6) is 0 Å². The molecule has 0 spiro atoms. The number of rotatable bonds is 3. The quantitative estimate of drug-likeness (QED) is 0.403. The maximum atomic E-state index is 12.1. The minimum absolute atomic E-state index is 0.142. The Morgan fingerprint density at radius 1 is 1.21 bits per heavy atom. The summed E-state index contributed by atoms with van der Waals surface area (Å²) < 4.78 is 4.80. The van der Waals surface area contributed by atoms with E-state index in [4.69, 9.17) is 16.3 Å². The number of fused-ring (bicyclic) bond motifs is 1. The Bertz CT molecular complexity index is 972. The molecular formula is C17H11ClN2O4. The van der Waals surface area contributed by atoms with Crippen LogP contribution in [-0.2, 0) is 4.74 Å². The third kappa shape index (κ3) is 2.79. The number of carbonyl (C=O) groups excluding carboxylic acids is 1. The Kier molecular flexibility index (Phi) is 4.14. The van der Waals surface area contributed by atoms with Crippen LogP contribution >= 0.6 is 11.6 Å². The predicted molar refractivity (Wildman–Crippen MR) is 90.2 cm³/mol. The molecule has 0 fully saturated rings. The van der Waals surface area contributed by atoms with Crippen LogP contribution in [0.1, 0.15) is 10.4 Å². The fourth-order valence-corrected chi connectivity index (χ4v) is 2.61. The number of benzene rings is 2. The number of hydrogen-bond acceptors (Lipinski definition) is 5. The van der Waals surface area contributed by atoms with Gasteiger partial charge in [0.1, 0.15) is 0 Å². The summed E-state index contributed by atoms with van der Waals surface area (Å²) in [7, 11) is 1.25. The Balaban J connectivity index is 2.37. The Morgan fingerprint density at radius 2 is 1.96 bits per heavy atom. The number of methoxy groups -OCH3 is 1. The second-order valence-corrected chi connectivity index (χ2v) is 5.42. The second-order valence-electron chi connectivity index (χ2n) is 4.99. The van der Waals surface area contributed by atoms with Crippen molar-refractivity contribution in [3.8, 4) is 11.3 Å². The summed E-state index contributed by atoms with van der Waals surface area (Å²) in [5.74, 6) is -0.618. The van der Waals surface area contributed by atoms with Crippen LogP contribution in [0.4, 0.5) is 5.69 Å². The summed E-state index contributed by atoms with van der Waals surface area (Å²) in [4.78, 5) is 27.4. The van der Waals surface area contributed by atoms with E-state index in [0.717, 1.165) is 0 Å². The van der Waals surface area contributed by atoms with Crippen molar-refractivity contribution in [2.75, 3.05) is 7.11 Å². The number of hydrogen-bond donors (Lipinski definition) is 0. The second kappa shape index (κ2) is 6.25. The van der Waals surface area contributed by atoms with Gasteiger partial charge in [-0.3, -0.25) is 10.1 Å². The molecule has 7 heteroatoms. The lowest BCUT2D eigenvalue weighted by atomic mass is 10.0. The van der Waals surface area contributed by atoms with Crippen LogP contribution in [0.3, 0.4) is 0 Å². The summed E-state index contributed by atoms with van der Waals surface area (Å²) in [6, 6.07) is 12.7. The average molecular weight is 343 g/mol. The zero-order valence-electron chi connectivity index (χ0n) is 12.5. The first kappa shape index (κ1) is 15.9. The molecule has 0 atom stereocenters. The summed E-state index contributed by atoms with van der Waals surface area (Å²) in [5.41, 5.74) is 0.968. The van der Waals surface area contributed by atoms with Crippen LogP contribution in [0, 0.1) is 10.1 Å². The summed E-state index contributed by atoms with van der Waals surface area (Å²) in [6.07, 6.45) is 0. The number of ether oxygens (including phenoxy) is 1. The number of carbonyl (C=O) groups is 1. The molecule has 0 N–H and O–H groups in total. The van der Waals surface area contributed by atoms with E-state index in [-0.39, 0.29) is 22.5 Å². The van der Waals surface area contributed by atoms with Gasteiger partial charge in [-0.15, -0.1) is 0 Å². The lowest BCUT2D eigenvalue weighted by Crippen LogP contribution is -2.06. The molecule has 0 radical (unpaired) electrons. The number of pyridine rings is 1. The van der Waals surface area contributed by atoms with E-state index in [1.54, 1.807) is 42.5 Å². The molecule has 2 aromatic carbocycles. The number of para-hydroxylation sites is 1. The van der Waals surface area contributed by atoms with Gasteiger partial charge >= 0.3 is 5.97 Å². The predicted octanol–water partition coefficient (Wildman–Crippen LogP) is 4.25. The molecule has 0 saturated heterocycles. The van der Waals surface area contributed by atoms with Crippen molar-refractivity contribution < 1.29 is 14.5 Å². The van der Waals surface area contributed by atoms with Crippen LogP contribution in [0.2, 0.25) is 5.02 Å². The van der Waals surface area contributed by atoms with Crippen LogP contribution in [-0.4, -0.2) is 23.0 Å². The minimum atomic E-state index is -0.618. The third-order valence-electron chi connectivity index (χ3n) is 3.54. The number of esters is 1. The molecular weight excluding hydrogens is 332 g/mol. The zero-order chi connectivity index (χ0) is 17.3. The lowest BCUT2D eigenvalue weighted by molar-refractivity contribution is -0.384. The van der Waals surface area contributed by atoms with E-state index in [9.17, 15) is 14.9 Å². The molecule has 0 unspecified atom stereocenters. The molecule has 24 heavy (non-hydrogen) atoms. The average Bonchev–Trinajstić information content (AvgIpc) is 2.59. The van der Waals surface area contributed by atoms with Crippen molar-refractivity contribution in [3.63, 3.8) is 0 Å². The molecule has 0 aliphatic rings. The van der Waals surface area contributed by atoms with Gasteiger partial charge < -0.3 is 4.74 Å². The van der Waals surface area contributed by atoms with Gasteiger partial charge in [0.25, 0.3) is 5.69 Å². The molecule has 0 aliphatic heterocycles. The Hall–Kier alpha value is -2.99. The lowest BCUT2D eigenvalue weighted by Gasteiger charge is -2.10. The van der Waals surface area contributed by atoms with E-state index >= 15 is 0 Å². The number of nitrogens with zero attached hydrogens (tertiary/aromatic N) is 2. The first-order valence-corrected chi connectivity index (χ1v) is 7.31. The van der Waals surface area contributed by atoms with Crippen LogP contribution < -0.4 is 0 Å². The van der Waals surface area contributed by atoms with E-state index in [1.165, 1.54) is 13.2 Å². The van der Waals surface area contributed by atoms with Gasteiger partial charge in [-0.05, 0) is 24.3 Å². The van der Waals surface area contributed by atoms with Gasteiger partial charge in [-0.1, -0.05) is 29.8 Å². The van der Waals surface area contributed by atoms with E-state index in [2.05, 4.69) is 4.98 Å². The zero-order valence-corrected chi connectivity index (χ0v) is 13.3. The summed E-state index contributed by atoms with van der Waals surface area (Å²) in [5, 5.41) is 12.5. The number of halogens is 1. The van der Waals surface area contributed by atoms with Crippen molar-refractivity contribution in [1.29, 1.82) is 0 Å². The first-order valence-electron chi connectivity index (χ1n) is 6.93. The number of nitro groups is 1. The molecule has 0 amide bonds. The van der Waals surface area contributed by atoms with E-state index in [0.29, 0.717) is 15.9 Å². The van der Waals surface area contributed by atoms with E-state index < -0.39 is 10.9 Å². The monoisotopic (exact) mass is 342 g/mol. The van der Waals surface area contributed by atoms with Gasteiger partial charge in [0.05, 0.1) is 34.4 Å². The van der Waals surface area contributed by atoms with Gasteiger partial charge in [-0.25, -0.2) is 9.78 Å². The van der Waals surface area contributed by atoms with Crippen molar-refractivity contribution in [2.45, 2.75) is 0 Å². The third-order valence-corrected chi connectivity index (χ3v) is 3.78. The SMILES string of the molecule is COC(=O)c1cc2ccc(Cl)cc2nc1-c1ccccc1[N+](=O)[O-]. The highest BCUT2D eigenvalue weighted by Gasteiger charge is 2.23. The standard InChI is InChI=1S/C17H11ClN2O4/c1-24-17(21)13-8-10-6-7-11(18)9-14(10)19-16(13)12-4-2-3-5-15(12)20(22)23/h2-9H,1H3. The van der Waals surface area contributed by atoms with Crippen molar-refractivity contribution >= 4 is 34.2 Å². The maximum Gasteiger partial charge on any atom is 0.340 e. The minimum Gasteiger partial charge on any atom is -0.465 e. The normalized spacial score (nSPS) is 10.6. The van der Waals surface area contributed by atoms with Crippen molar-refractivity contribution in [3.05, 3.63) is 69.2 Å². The summed E-state index contributed by atoms with van der Waals surface area (Å²) >= 11 is 5.99. The fourth-order valence-electron chi connectivity index (χ4n) is 2.44. The topological polar surface area (TPSA) is 82.3 Å². The molecule has 3 rings (SSSR count). The first-order chi connectivity index (χ1) is 11.5. The summed E-state index contributed by atoms with van der Waals surface area (Å²) in [6.45, 7) is 0. The maximum absolute atomic E-state index is 12.1. The fraction of sp³-hybridized carbons (Fsp3) is 0.0588. The Morgan fingerprint density at radius 3 is 2.67 bits per heavy atom. The highest BCUT2D eigenvalue weighted by Crippen LogP contribution is 2.33. The molecule has 0 bridgehead atoms. The van der Waals surface area contributed by atoms with Crippen LogP contribution in [0.25, 0.3) is 22.2 Å².